The van der Waals surface area contributed by atoms with Crippen LogP contribution in [0.3, 0.4) is 0 Å². The Morgan fingerprint density at radius 3 is 2.80 bits per heavy atom. The van der Waals surface area contributed by atoms with Crippen LogP contribution in [0.2, 0.25) is 0 Å². The van der Waals surface area contributed by atoms with Crippen molar-refractivity contribution >= 4 is 27.4 Å². The zero-order chi connectivity index (χ0) is 14.1. The van der Waals surface area contributed by atoms with Crippen molar-refractivity contribution < 1.29 is 4.74 Å². The van der Waals surface area contributed by atoms with Gasteiger partial charge < -0.3 is 15.0 Å². The molecule has 20 heavy (non-hydrogen) atoms. The molecule has 1 aromatic carbocycles. The van der Waals surface area contributed by atoms with Crippen LogP contribution >= 0.6 is 11.3 Å². The van der Waals surface area contributed by atoms with Crippen LogP contribution in [0.25, 0.3) is 21.7 Å². The average molecular weight is 287 g/mol. The van der Waals surface area contributed by atoms with Crippen LogP contribution in [-0.2, 0) is 6.54 Å². The molecule has 0 spiro atoms. The number of rotatable bonds is 4. The highest BCUT2D eigenvalue weighted by atomic mass is 32.1. The maximum Gasteiger partial charge on any atom is 0.151 e. The Morgan fingerprint density at radius 1 is 1.30 bits per heavy atom. The lowest BCUT2D eigenvalue weighted by Crippen LogP contribution is -1.98. The maximum atomic E-state index is 5.84. The van der Waals surface area contributed by atoms with E-state index in [1.165, 1.54) is 0 Å². The fraction of sp³-hybridized carbons (Fsp3) is 0.267. The van der Waals surface area contributed by atoms with E-state index in [-0.39, 0.29) is 0 Å². The van der Waals surface area contributed by atoms with Crippen LogP contribution in [0, 0.1) is 0 Å². The van der Waals surface area contributed by atoms with Gasteiger partial charge in [-0.05, 0) is 30.7 Å². The number of nitrogen functional groups attached to an aromatic ring is 1. The van der Waals surface area contributed by atoms with E-state index in [0.717, 1.165) is 45.5 Å². The molecular formula is C15H17N3OS. The van der Waals surface area contributed by atoms with Crippen molar-refractivity contribution in [1.82, 2.24) is 9.55 Å². The zero-order valence-corrected chi connectivity index (χ0v) is 12.4. The molecule has 0 radical (unpaired) electrons. The Hall–Kier alpha value is -2.01. The molecule has 0 saturated carbocycles. The van der Waals surface area contributed by atoms with Gasteiger partial charge >= 0.3 is 0 Å². The molecule has 0 bridgehead atoms. The molecule has 0 unspecified atom stereocenters. The van der Waals surface area contributed by atoms with Gasteiger partial charge in [-0.3, -0.25) is 0 Å². The normalized spacial score (nSPS) is 11.1. The third-order valence-corrected chi connectivity index (χ3v) is 4.16. The summed E-state index contributed by atoms with van der Waals surface area (Å²) in [6.45, 7) is 3.11. The van der Waals surface area contributed by atoms with Gasteiger partial charge in [0.25, 0.3) is 0 Å². The van der Waals surface area contributed by atoms with Crippen LogP contribution in [0.4, 0.5) is 5.00 Å². The van der Waals surface area contributed by atoms with Crippen molar-refractivity contribution in [2.45, 2.75) is 19.9 Å². The topological polar surface area (TPSA) is 53.1 Å². The third kappa shape index (κ3) is 2.14. The van der Waals surface area contributed by atoms with E-state index in [0.29, 0.717) is 0 Å². The van der Waals surface area contributed by atoms with Gasteiger partial charge in [-0.25, -0.2) is 4.98 Å². The lowest BCUT2D eigenvalue weighted by atomic mass is 10.3. The number of aryl methyl sites for hydroxylation is 1. The molecule has 0 aliphatic heterocycles. The minimum Gasteiger partial charge on any atom is -0.497 e. The lowest BCUT2D eigenvalue weighted by Gasteiger charge is -2.06. The van der Waals surface area contributed by atoms with E-state index in [4.69, 9.17) is 15.5 Å². The largest absolute Gasteiger partial charge is 0.497 e. The van der Waals surface area contributed by atoms with Crippen LogP contribution in [-0.4, -0.2) is 16.7 Å². The highest BCUT2D eigenvalue weighted by Gasteiger charge is 2.14. The first kappa shape index (κ1) is 13.0. The molecule has 3 rings (SSSR count). The van der Waals surface area contributed by atoms with E-state index in [1.54, 1.807) is 18.4 Å². The van der Waals surface area contributed by atoms with E-state index in [1.807, 2.05) is 24.3 Å². The highest BCUT2D eigenvalue weighted by Crippen LogP contribution is 2.32. The van der Waals surface area contributed by atoms with Crippen molar-refractivity contribution in [1.29, 1.82) is 0 Å². The minimum atomic E-state index is 0.813. The Bertz CT molecular complexity index is 745. The number of ether oxygens (including phenoxy) is 1. The summed E-state index contributed by atoms with van der Waals surface area (Å²) in [5.41, 5.74) is 7.93. The number of aromatic nitrogens is 2. The molecule has 5 heteroatoms. The van der Waals surface area contributed by atoms with E-state index in [2.05, 4.69) is 17.6 Å². The molecule has 0 atom stereocenters. The summed E-state index contributed by atoms with van der Waals surface area (Å²) in [6, 6.07) is 9.98. The third-order valence-electron chi connectivity index (χ3n) is 3.25. The molecule has 0 aliphatic rings. The SMILES string of the molecule is CCCn1c(-c2ccc(N)s2)nc2cc(OC)ccc21. The maximum absolute atomic E-state index is 5.84. The van der Waals surface area contributed by atoms with Crippen LogP contribution in [0.1, 0.15) is 13.3 Å². The summed E-state index contributed by atoms with van der Waals surface area (Å²) in [5, 5.41) is 0.813. The number of nitrogens with zero attached hydrogens (tertiary/aromatic N) is 2. The van der Waals surface area contributed by atoms with Gasteiger partial charge in [0.2, 0.25) is 0 Å². The van der Waals surface area contributed by atoms with Gasteiger partial charge in [-0.1, -0.05) is 6.92 Å². The zero-order valence-electron chi connectivity index (χ0n) is 11.6. The second kappa shape index (κ2) is 5.17. The molecule has 0 saturated heterocycles. The standard InChI is InChI=1S/C15H17N3OS/c1-3-8-18-12-5-4-10(19-2)9-11(12)17-15(18)13-6-7-14(16)20-13/h4-7,9H,3,8,16H2,1-2H3. The number of fused-ring (bicyclic) bond motifs is 1. The van der Waals surface area contributed by atoms with Crippen molar-refractivity contribution in [2.75, 3.05) is 12.8 Å². The van der Waals surface area contributed by atoms with Crippen molar-refractivity contribution in [3.63, 3.8) is 0 Å². The molecule has 104 valence electrons. The molecular weight excluding hydrogens is 270 g/mol. The predicted molar refractivity (Wildman–Crippen MR) is 84.3 cm³/mol. The molecule has 0 aliphatic carbocycles. The Labute approximate surface area is 121 Å². The van der Waals surface area contributed by atoms with Gasteiger partial charge in [0.15, 0.2) is 5.82 Å². The smallest absolute Gasteiger partial charge is 0.151 e. The summed E-state index contributed by atoms with van der Waals surface area (Å²) in [5.74, 6) is 1.81. The van der Waals surface area contributed by atoms with Gasteiger partial charge in [0.05, 0.1) is 28.0 Å². The number of methoxy groups -OCH3 is 1. The number of anilines is 1. The fourth-order valence-electron chi connectivity index (χ4n) is 2.35. The summed E-state index contributed by atoms with van der Waals surface area (Å²) in [4.78, 5) is 5.86. The van der Waals surface area contributed by atoms with E-state index in [9.17, 15) is 0 Å². The molecule has 4 nitrogen and oxygen atoms in total. The van der Waals surface area contributed by atoms with Crippen molar-refractivity contribution in [3.05, 3.63) is 30.3 Å². The number of benzene rings is 1. The number of hydrogen-bond acceptors (Lipinski definition) is 4. The van der Waals surface area contributed by atoms with Crippen molar-refractivity contribution in [2.24, 2.45) is 0 Å². The second-order valence-corrected chi connectivity index (χ2v) is 5.76. The summed E-state index contributed by atoms with van der Waals surface area (Å²) in [6.07, 6.45) is 1.06. The molecule has 2 heterocycles. The molecule has 2 N–H and O–H groups in total. The molecule has 3 aromatic rings. The van der Waals surface area contributed by atoms with Gasteiger partial charge in [0, 0.05) is 12.6 Å². The van der Waals surface area contributed by atoms with Crippen LogP contribution in [0.5, 0.6) is 5.75 Å². The average Bonchev–Trinajstić information content (AvgIpc) is 3.03. The first-order chi connectivity index (χ1) is 9.72. The minimum absolute atomic E-state index is 0.813. The fourth-order valence-corrected chi connectivity index (χ4v) is 3.12. The lowest BCUT2D eigenvalue weighted by molar-refractivity contribution is 0.415. The first-order valence-electron chi connectivity index (χ1n) is 6.63. The van der Waals surface area contributed by atoms with Crippen molar-refractivity contribution in [3.8, 4) is 16.5 Å². The van der Waals surface area contributed by atoms with Gasteiger partial charge in [-0.15, -0.1) is 11.3 Å². The molecule has 0 fully saturated rings. The Kier molecular flexibility index (Phi) is 3.36. The Morgan fingerprint density at radius 2 is 2.15 bits per heavy atom. The van der Waals surface area contributed by atoms with E-state index >= 15 is 0 Å². The number of nitrogens with two attached hydrogens (primary N) is 1. The van der Waals surface area contributed by atoms with Gasteiger partial charge in [-0.2, -0.15) is 0 Å². The number of thiophene rings is 1. The number of imidazole rings is 1. The number of hydrogen-bond donors (Lipinski definition) is 1. The first-order valence-corrected chi connectivity index (χ1v) is 7.44. The Balaban J connectivity index is 2.21. The van der Waals surface area contributed by atoms with Gasteiger partial charge in [0.1, 0.15) is 5.75 Å². The summed E-state index contributed by atoms with van der Waals surface area (Å²) in [7, 11) is 1.67. The summed E-state index contributed by atoms with van der Waals surface area (Å²) < 4.78 is 7.52. The van der Waals surface area contributed by atoms with Crippen LogP contribution < -0.4 is 10.5 Å². The molecule has 2 aromatic heterocycles. The van der Waals surface area contributed by atoms with E-state index < -0.39 is 0 Å². The van der Waals surface area contributed by atoms with Crippen LogP contribution in [0.15, 0.2) is 30.3 Å². The molecule has 0 amide bonds. The summed E-state index contributed by atoms with van der Waals surface area (Å²) >= 11 is 1.57. The highest BCUT2D eigenvalue weighted by molar-refractivity contribution is 7.19. The monoisotopic (exact) mass is 287 g/mol. The predicted octanol–water partition coefficient (Wildman–Crippen LogP) is 3.77. The quantitative estimate of drug-likeness (QED) is 0.794. The second-order valence-electron chi connectivity index (χ2n) is 4.64.